The SMILES string of the molecule is CCCCCCCCCCCCCCCCSc1ccc(/C=C/C(=O)c2cc([N+](=O)[O-])cc([N+](=O)[O-])c2)cc1. The third-order valence-electron chi connectivity index (χ3n) is 6.68. The number of allylic oxidation sites excluding steroid dienone is 1. The van der Waals surface area contributed by atoms with Gasteiger partial charge in [-0.3, -0.25) is 25.0 Å². The molecule has 0 spiro atoms. The first kappa shape index (κ1) is 32.2. The van der Waals surface area contributed by atoms with Gasteiger partial charge < -0.3 is 0 Å². The van der Waals surface area contributed by atoms with E-state index in [1.807, 2.05) is 36.0 Å². The average molecular weight is 555 g/mol. The van der Waals surface area contributed by atoms with E-state index in [0.29, 0.717) is 0 Å². The minimum atomic E-state index is -0.747. The van der Waals surface area contributed by atoms with E-state index in [4.69, 9.17) is 0 Å². The molecule has 0 bridgehead atoms. The highest BCUT2D eigenvalue weighted by Gasteiger charge is 2.18. The minimum absolute atomic E-state index is 0.0903. The minimum Gasteiger partial charge on any atom is -0.289 e. The highest BCUT2D eigenvalue weighted by Crippen LogP contribution is 2.24. The molecule has 0 radical (unpaired) electrons. The van der Waals surface area contributed by atoms with Crippen LogP contribution in [0, 0.1) is 20.2 Å². The average Bonchev–Trinajstić information content (AvgIpc) is 2.94. The quantitative estimate of drug-likeness (QED) is 0.0380. The molecule has 0 saturated heterocycles. The molecule has 39 heavy (non-hydrogen) atoms. The molecule has 0 atom stereocenters. The normalized spacial score (nSPS) is 11.2. The number of ketones is 1. The lowest BCUT2D eigenvalue weighted by Gasteiger charge is -2.04. The van der Waals surface area contributed by atoms with Crippen LogP contribution in [0.1, 0.15) is 113 Å². The molecule has 0 heterocycles. The maximum atomic E-state index is 12.5. The summed E-state index contributed by atoms with van der Waals surface area (Å²) >= 11 is 1.82. The van der Waals surface area contributed by atoms with E-state index in [-0.39, 0.29) is 5.56 Å². The van der Waals surface area contributed by atoms with Gasteiger partial charge in [0, 0.05) is 22.6 Å². The lowest BCUT2D eigenvalue weighted by molar-refractivity contribution is -0.394. The molecule has 0 aromatic heterocycles. The van der Waals surface area contributed by atoms with E-state index >= 15 is 0 Å². The van der Waals surface area contributed by atoms with Gasteiger partial charge in [0.2, 0.25) is 0 Å². The van der Waals surface area contributed by atoms with Crippen molar-refractivity contribution in [3.8, 4) is 0 Å². The first-order valence-electron chi connectivity index (χ1n) is 14.3. The molecular formula is C31H42N2O5S. The van der Waals surface area contributed by atoms with Gasteiger partial charge in [-0.1, -0.05) is 109 Å². The molecule has 2 rings (SSSR count). The second-order valence-corrected chi connectivity index (χ2v) is 11.1. The van der Waals surface area contributed by atoms with E-state index in [9.17, 15) is 25.0 Å². The summed E-state index contributed by atoms with van der Waals surface area (Å²) in [6.07, 6.45) is 21.9. The predicted octanol–water partition coefficient (Wildman–Crippen LogP) is 9.97. The highest BCUT2D eigenvalue weighted by molar-refractivity contribution is 7.99. The topological polar surface area (TPSA) is 103 Å². The molecule has 2 aromatic carbocycles. The number of carbonyl (C=O) groups excluding carboxylic acids is 1. The van der Waals surface area contributed by atoms with Crippen molar-refractivity contribution < 1.29 is 14.6 Å². The summed E-state index contributed by atoms with van der Waals surface area (Å²) in [5.74, 6) is 0.551. The summed E-state index contributed by atoms with van der Waals surface area (Å²) in [6.45, 7) is 2.26. The first-order chi connectivity index (χ1) is 18.9. The van der Waals surface area contributed by atoms with E-state index < -0.39 is 27.0 Å². The number of nitro groups is 2. The van der Waals surface area contributed by atoms with Crippen molar-refractivity contribution in [1.29, 1.82) is 0 Å². The number of rotatable bonds is 21. The Morgan fingerprint density at radius 2 is 1.18 bits per heavy atom. The van der Waals surface area contributed by atoms with Crippen molar-refractivity contribution in [2.75, 3.05) is 5.75 Å². The molecule has 0 amide bonds. The fraction of sp³-hybridized carbons (Fsp3) is 0.516. The number of nitrogens with zero attached hydrogens (tertiary/aromatic N) is 2. The van der Waals surface area contributed by atoms with Crippen LogP contribution in [-0.4, -0.2) is 21.4 Å². The molecule has 0 aliphatic heterocycles. The van der Waals surface area contributed by atoms with E-state index in [1.54, 1.807) is 6.08 Å². The van der Waals surface area contributed by atoms with Crippen molar-refractivity contribution >= 4 is 35.0 Å². The van der Waals surface area contributed by atoms with Gasteiger partial charge in [0.05, 0.1) is 15.9 Å². The lowest BCUT2D eigenvalue weighted by Crippen LogP contribution is -1.99. The van der Waals surface area contributed by atoms with E-state index in [0.717, 1.165) is 29.5 Å². The van der Waals surface area contributed by atoms with Crippen LogP contribution in [0.3, 0.4) is 0 Å². The molecule has 0 saturated carbocycles. The Morgan fingerprint density at radius 1 is 0.718 bits per heavy atom. The van der Waals surface area contributed by atoms with Gasteiger partial charge in [-0.25, -0.2) is 0 Å². The predicted molar refractivity (Wildman–Crippen MR) is 161 cm³/mol. The summed E-state index contributed by atoms with van der Waals surface area (Å²) in [4.78, 5) is 34.2. The monoisotopic (exact) mass is 554 g/mol. The Morgan fingerprint density at radius 3 is 1.64 bits per heavy atom. The standard InChI is InChI=1S/C31H42N2O5S/c1-2-3-4-5-6-7-8-9-10-11-12-13-14-15-22-39-30-19-16-26(17-20-30)18-21-31(34)27-23-28(32(35)36)25-29(24-27)33(37)38/h16-21,23-25H,2-15,22H2,1H3/b21-18+. The zero-order valence-corrected chi connectivity index (χ0v) is 24.0. The van der Waals surface area contributed by atoms with Crippen molar-refractivity contribution in [1.82, 2.24) is 0 Å². The van der Waals surface area contributed by atoms with Gasteiger partial charge in [-0.05, 0) is 35.9 Å². The summed E-state index contributed by atoms with van der Waals surface area (Å²) in [5, 5.41) is 22.1. The number of benzene rings is 2. The number of hydrogen-bond donors (Lipinski definition) is 0. The number of thioether (sulfide) groups is 1. The molecule has 0 N–H and O–H groups in total. The van der Waals surface area contributed by atoms with Crippen LogP contribution < -0.4 is 0 Å². The Kier molecular flexibility index (Phi) is 15.8. The van der Waals surface area contributed by atoms with Crippen LogP contribution in [0.4, 0.5) is 11.4 Å². The smallest absolute Gasteiger partial charge is 0.277 e. The number of non-ortho nitro benzene ring substituents is 2. The van der Waals surface area contributed by atoms with Gasteiger partial charge in [-0.15, -0.1) is 11.8 Å². The van der Waals surface area contributed by atoms with Crippen LogP contribution in [0.25, 0.3) is 6.08 Å². The van der Waals surface area contributed by atoms with Crippen LogP contribution in [-0.2, 0) is 0 Å². The molecular weight excluding hydrogens is 512 g/mol. The highest BCUT2D eigenvalue weighted by atomic mass is 32.2. The first-order valence-corrected chi connectivity index (χ1v) is 15.3. The largest absolute Gasteiger partial charge is 0.289 e. The van der Waals surface area contributed by atoms with Crippen LogP contribution in [0.15, 0.2) is 53.4 Å². The summed E-state index contributed by atoms with van der Waals surface area (Å²) in [7, 11) is 0. The van der Waals surface area contributed by atoms with Gasteiger partial charge in [-0.2, -0.15) is 0 Å². The number of carbonyl (C=O) groups is 1. The van der Waals surface area contributed by atoms with Crippen molar-refractivity contribution in [2.24, 2.45) is 0 Å². The Labute approximate surface area is 236 Å². The van der Waals surface area contributed by atoms with Crippen LogP contribution in [0.5, 0.6) is 0 Å². The molecule has 0 aliphatic carbocycles. The number of hydrogen-bond acceptors (Lipinski definition) is 6. The summed E-state index contributed by atoms with van der Waals surface area (Å²) in [6, 6.07) is 10.8. The van der Waals surface area contributed by atoms with Crippen LogP contribution in [0.2, 0.25) is 0 Å². The molecule has 0 unspecified atom stereocenters. The van der Waals surface area contributed by atoms with E-state index in [2.05, 4.69) is 6.92 Å². The Bertz CT molecular complexity index is 1040. The maximum Gasteiger partial charge on any atom is 0.277 e. The molecule has 2 aromatic rings. The zero-order valence-electron chi connectivity index (χ0n) is 23.1. The van der Waals surface area contributed by atoms with Gasteiger partial charge in [0.1, 0.15) is 0 Å². The fourth-order valence-corrected chi connectivity index (χ4v) is 5.29. The van der Waals surface area contributed by atoms with Gasteiger partial charge in [0.15, 0.2) is 5.78 Å². The number of unbranched alkanes of at least 4 members (excludes halogenated alkanes) is 13. The molecule has 212 valence electrons. The zero-order chi connectivity index (χ0) is 28.3. The summed E-state index contributed by atoms with van der Waals surface area (Å²) < 4.78 is 0. The third kappa shape index (κ3) is 13.6. The third-order valence-corrected chi connectivity index (χ3v) is 7.78. The van der Waals surface area contributed by atoms with E-state index in [1.165, 1.54) is 101 Å². The molecule has 0 aliphatic rings. The van der Waals surface area contributed by atoms with Crippen molar-refractivity contribution in [3.05, 3.63) is 79.9 Å². The summed E-state index contributed by atoms with van der Waals surface area (Å²) in [5.41, 5.74) is -0.251. The second kappa shape index (κ2) is 19.1. The van der Waals surface area contributed by atoms with Crippen LogP contribution >= 0.6 is 11.8 Å². The maximum absolute atomic E-state index is 12.5. The molecule has 0 fully saturated rings. The Balaban J connectivity index is 1.61. The van der Waals surface area contributed by atoms with Crippen molar-refractivity contribution in [3.63, 3.8) is 0 Å². The lowest BCUT2D eigenvalue weighted by atomic mass is 10.0. The molecule has 8 heteroatoms. The van der Waals surface area contributed by atoms with Gasteiger partial charge in [0.25, 0.3) is 11.4 Å². The fourth-order valence-electron chi connectivity index (χ4n) is 4.38. The van der Waals surface area contributed by atoms with Gasteiger partial charge >= 0.3 is 0 Å². The Hall–Kier alpha value is -3.00. The second-order valence-electron chi connectivity index (χ2n) is 9.96. The molecule has 7 nitrogen and oxygen atoms in total. The van der Waals surface area contributed by atoms with Crippen molar-refractivity contribution in [2.45, 2.75) is 102 Å². The number of nitro benzene ring substituents is 2.